The van der Waals surface area contributed by atoms with Gasteiger partial charge in [0.15, 0.2) is 18.1 Å². The number of carbonyl (C=O) groups is 2. The van der Waals surface area contributed by atoms with Crippen molar-refractivity contribution in [1.29, 1.82) is 0 Å². The van der Waals surface area contributed by atoms with Crippen molar-refractivity contribution >= 4 is 33.2 Å². The predicted molar refractivity (Wildman–Crippen MR) is 124 cm³/mol. The average molecular weight is 470 g/mol. The van der Waals surface area contributed by atoms with E-state index in [0.29, 0.717) is 5.75 Å². The van der Waals surface area contributed by atoms with Gasteiger partial charge in [0.25, 0.3) is 21.8 Å². The Kier molecular flexibility index (Phi) is 7.52. The van der Waals surface area contributed by atoms with Crippen molar-refractivity contribution in [3.8, 4) is 11.5 Å². The molecule has 0 bridgehead atoms. The number of rotatable bonds is 9. The van der Waals surface area contributed by atoms with Crippen LogP contribution in [-0.2, 0) is 14.8 Å². The van der Waals surface area contributed by atoms with Gasteiger partial charge in [-0.15, -0.1) is 0 Å². The molecule has 9 nitrogen and oxygen atoms in total. The van der Waals surface area contributed by atoms with Gasteiger partial charge in [-0.1, -0.05) is 30.3 Å². The zero-order chi connectivity index (χ0) is 23.8. The lowest BCUT2D eigenvalue weighted by Crippen LogP contribution is -2.25. The molecule has 3 aromatic carbocycles. The highest BCUT2D eigenvalue weighted by Gasteiger charge is 2.18. The zero-order valence-electron chi connectivity index (χ0n) is 18.0. The van der Waals surface area contributed by atoms with Crippen molar-refractivity contribution in [2.75, 3.05) is 30.8 Å². The minimum atomic E-state index is -3.84. The van der Waals surface area contributed by atoms with E-state index in [0.717, 1.165) is 0 Å². The van der Waals surface area contributed by atoms with E-state index >= 15 is 0 Å². The molecule has 0 aliphatic rings. The molecule has 10 heteroatoms. The number of benzene rings is 3. The standard InChI is InChI=1S/C23H23N3O6S/c1-24-22(27)15-32-20-13-12-16(14-21(20)31-2)23(28)25-18-10-6-7-11-19(18)26-33(29,30)17-8-4-3-5-9-17/h3-14,26H,15H2,1-2H3,(H,24,27)(H,25,28). The predicted octanol–water partition coefficient (Wildman–Crippen LogP) is 2.87. The van der Waals surface area contributed by atoms with Crippen molar-refractivity contribution in [3.63, 3.8) is 0 Å². The van der Waals surface area contributed by atoms with Crippen molar-refractivity contribution in [2.45, 2.75) is 4.90 Å². The Morgan fingerprint density at radius 3 is 2.21 bits per heavy atom. The Labute approximate surface area is 191 Å². The van der Waals surface area contributed by atoms with Gasteiger partial charge in [-0.2, -0.15) is 0 Å². The van der Waals surface area contributed by atoms with E-state index in [4.69, 9.17) is 9.47 Å². The van der Waals surface area contributed by atoms with Gasteiger partial charge in [-0.25, -0.2) is 8.42 Å². The molecule has 0 atom stereocenters. The van der Waals surface area contributed by atoms with E-state index in [1.54, 1.807) is 42.5 Å². The Bertz CT molecular complexity index is 1250. The van der Waals surface area contributed by atoms with Gasteiger partial charge in [-0.3, -0.25) is 14.3 Å². The number of amides is 2. The second kappa shape index (κ2) is 10.5. The fourth-order valence-electron chi connectivity index (χ4n) is 2.82. The SMILES string of the molecule is CNC(=O)COc1ccc(C(=O)Nc2ccccc2NS(=O)(=O)c2ccccc2)cc1OC. The summed E-state index contributed by atoms with van der Waals surface area (Å²) in [6.45, 7) is -0.201. The van der Waals surface area contributed by atoms with Gasteiger partial charge in [-0.05, 0) is 42.5 Å². The fraction of sp³-hybridized carbons (Fsp3) is 0.130. The Morgan fingerprint density at radius 1 is 0.879 bits per heavy atom. The molecule has 0 fully saturated rings. The minimum Gasteiger partial charge on any atom is -0.493 e. The maximum atomic E-state index is 12.8. The van der Waals surface area contributed by atoms with Crippen molar-refractivity contribution < 1.29 is 27.5 Å². The van der Waals surface area contributed by atoms with Crippen LogP contribution in [0.25, 0.3) is 0 Å². The third kappa shape index (κ3) is 6.01. The molecular formula is C23H23N3O6S. The molecule has 172 valence electrons. The highest BCUT2D eigenvalue weighted by atomic mass is 32.2. The first-order chi connectivity index (χ1) is 15.8. The summed E-state index contributed by atoms with van der Waals surface area (Å²) in [6, 6.07) is 18.9. The number of methoxy groups -OCH3 is 1. The van der Waals surface area contributed by atoms with E-state index in [1.165, 1.54) is 44.5 Å². The summed E-state index contributed by atoms with van der Waals surface area (Å²) >= 11 is 0. The summed E-state index contributed by atoms with van der Waals surface area (Å²) in [5, 5.41) is 5.15. The molecule has 0 aliphatic carbocycles. The normalized spacial score (nSPS) is 10.7. The van der Waals surface area contributed by atoms with Crippen molar-refractivity contribution in [2.24, 2.45) is 0 Å². The average Bonchev–Trinajstić information content (AvgIpc) is 2.83. The number of para-hydroxylation sites is 2. The highest BCUT2D eigenvalue weighted by Crippen LogP contribution is 2.29. The quantitative estimate of drug-likeness (QED) is 0.443. The molecule has 2 amide bonds. The molecule has 0 radical (unpaired) electrons. The number of anilines is 2. The Morgan fingerprint density at radius 2 is 1.55 bits per heavy atom. The second-order valence-electron chi connectivity index (χ2n) is 6.75. The van der Waals surface area contributed by atoms with Gasteiger partial charge in [0.1, 0.15) is 0 Å². The van der Waals surface area contributed by atoms with Crippen LogP contribution in [0.5, 0.6) is 11.5 Å². The number of nitrogens with one attached hydrogen (secondary N) is 3. The second-order valence-corrected chi connectivity index (χ2v) is 8.43. The lowest BCUT2D eigenvalue weighted by molar-refractivity contribution is -0.122. The summed E-state index contributed by atoms with van der Waals surface area (Å²) in [5.74, 6) is -0.232. The number of likely N-dealkylation sites (N-methyl/N-ethyl adjacent to an activating group) is 1. The number of hydrogen-bond acceptors (Lipinski definition) is 6. The first-order valence-corrected chi connectivity index (χ1v) is 11.3. The molecule has 3 aromatic rings. The van der Waals surface area contributed by atoms with Crippen LogP contribution >= 0.6 is 0 Å². The van der Waals surface area contributed by atoms with Crippen LogP contribution in [0.4, 0.5) is 11.4 Å². The third-order valence-electron chi connectivity index (χ3n) is 4.54. The van der Waals surface area contributed by atoms with E-state index in [9.17, 15) is 18.0 Å². The number of carbonyl (C=O) groups excluding carboxylic acids is 2. The maximum Gasteiger partial charge on any atom is 0.261 e. The summed E-state index contributed by atoms with van der Waals surface area (Å²) in [7, 11) is -0.930. The van der Waals surface area contributed by atoms with Crippen molar-refractivity contribution in [3.05, 3.63) is 78.4 Å². The van der Waals surface area contributed by atoms with E-state index in [2.05, 4.69) is 15.4 Å². The molecule has 0 saturated carbocycles. The van der Waals surface area contributed by atoms with E-state index in [1.807, 2.05) is 0 Å². The van der Waals surface area contributed by atoms with Crippen LogP contribution in [0.3, 0.4) is 0 Å². The molecule has 0 heterocycles. The topological polar surface area (TPSA) is 123 Å². The van der Waals surface area contributed by atoms with E-state index < -0.39 is 15.9 Å². The fourth-order valence-corrected chi connectivity index (χ4v) is 3.92. The summed E-state index contributed by atoms with van der Waals surface area (Å²) in [4.78, 5) is 24.3. The lowest BCUT2D eigenvalue weighted by atomic mass is 10.1. The highest BCUT2D eigenvalue weighted by molar-refractivity contribution is 7.92. The number of hydrogen-bond donors (Lipinski definition) is 3. The first-order valence-electron chi connectivity index (χ1n) is 9.83. The van der Waals surface area contributed by atoms with Crippen LogP contribution in [0.2, 0.25) is 0 Å². The molecule has 3 rings (SSSR count). The number of ether oxygens (including phenoxy) is 2. The van der Waals surface area contributed by atoms with Crippen LogP contribution < -0.4 is 24.8 Å². The molecule has 0 saturated heterocycles. The van der Waals surface area contributed by atoms with Gasteiger partial charge >= 0.3 is 0 Å². The Hall–Kier alpha value is -4.05. The molecule has 0 spiro atoms. The number of sulfonamides is 1. The molecule has 0 unspecified atom stereocenters. The van der Waals surface area contributed by atoms with Gasteiger partial charge in [0.2, 0.25) is 0 Å². The van der Waals surface area contributed by atoms with E-state index in [-0.39, 0.29) is 40.1 Å². The van der Waals surface area contributed by atoms with Crippen LogP contribution in [0.1, 0.15) is 10.4 Å². The summed E-state index contributed by atoms with van der Waals surface area (Å²) in [6.07, 6.45) is 0. The first kappa shape index (κ1) is 23.6. The molecule has 3 N–H and O–H groups in total. The van der Waals surface area contributed by atoms with Gasteiger partial charge in [0, 0.05) is 12.6 Å². The Balaban J connectivity index is 1.79. The monoisotopic (exact) mass is 469 g/mol. The zero-order valence-corrected chi connectivity index (χ0v) is 18.8. The van der Waals surface area contributed by atoms with Crippen molar-refractivity contribution in [1.82, 2.24) is 5.32 Å². The smallest absolute Gasteiger partial charge is 0.261 e. The molecule has 0 aromatic heterocycles. The molecule has 33 heavy (non-hydrogen) atoms. The maximum absolute atomic E-state index is 12.8. The van der Waals surface area contributed by atoms with Crippen LogP contribution in [-0.4, -0.2) is 41.0 Å². The lowest BCUT2D eigenvalue weighted by Gasteiger charge is -2.15. The molecule has 0 aliphatic heterocycles. The summed E-state index contributed by atoms with van der Waals surface area (Å²) < 4.78 is 38.5. The van der Waals surface area contributed by atoms with Gasteiger partial charge < -0.3 is 20.1 Å². The third-order valence-corrected chi connectivity index (χ3v) is 5.92. The van der Waals surface area contributed by atoms with Gasteiger partial charge in [0.05, 0.1) is 23.4 Å². The minimum absolute atomic E-state index is 0.100. The summed E-state index contributed by atoms with van der Waals surface area (Å²) in [5.41, 5.74) is 0.743. The van der Waals surface area contributed by atoms with Crippen LogP contribution in [0.15, 0.2) is 77.7 Å². The molecular weight excluding hydrogens is 446 g/mol. The largest absolute Gasteiger partial charge is 0.493 e. The van der Waals surface area contributed by atoms with Crippen LogP contribution in [0, 0.1) is 0 Å².